The molecule has 0 unspecified atom stereocenters. The molecule has 4 aromatic rings. The number of aliphatic imine (C=N–C) groups is 1. The van der Waals surface area contributed by atoms with Crippen molar-refractivity contribution in [2.45, 2.75) is 32.2 Å². The Balaban J connectivity index is 1.40. The normalized spacial score (nSPS) is 13.2. The monoisotopic (exact) mass is 509 g/mol. The van der Waals surface area contributed by atoms with Crippen LogP contribution in [0.4, 0.5) is 10.7 Å². The van der Waals surface area contributed by atoms with Gasteiger partial charge in [-0.25, -0.2) is 4.99 Å². The molecule has 0 spiro atoms. The average molecular weight is 510 g/mol. The molecule has 8 nitrogen and oxygen atoms in total. The van der Waals surface area contributed by atoms with Crippen LogP contribution >= 0.6 is 22.9 Å². The highest BCUT2D eigenvalue weighted by Crippen LogP contribution is 2.40. The zero-order valence-corrected chi connectivity index (χ0v) is 20.0. The lowest BCUT2D eigenvalue weighted by molar-refractivity contribution is -0.384. The Labute approximate surface area is 209 Å². The van der Waals surface area contributed by atoms with Crippen molar-refractivity contribution >= 4 is 45.7 Å². The van der Waals surface area contributed by atoms with Crippen molar-refractivity contribution in [2.75, 3.05) is 0 Å². The van der Waals surface area contributed by atoms with Gasteiger partial charge in [-0.05, 0) is 67.6 Å². The average Bonchev–Trinajstić information content (AvgIpc) is 3.61. The number of thiophene rings is 1. The molecule has 35 heavy (non-hydrogen) atoms. The van der Waals surface area contributed by atoms with Crippen LogP contribution in [-0.2, 0) is 19.4 Å². The second-order valence-electron chi connectivity index (χ2n) is 8.04. The van der Waals surface area contributed by atoms with Crippen LogP contribution in [0.15, 0.2) is 62.6 Å². The Morgan fingerprint density at radius 2 is 2.09 bits per heavy atom. The topological polar surface area (TPSA) is 111 Å². The van der Waals surface area contributed by atoms with Gasteiger partial charge in [0.1, 0.15) is 27.3 Å². The number of aryl methyl sites for hydroxylation is 1. The number of fused-ring (bicyclic) bond motifs is 1. The van der Waals surface area contributed by atoms with Crippen LogP contribution < -0.4 is 5.32 Å². The largest absolute Gasteiger partial charge is 0.467 e. The maximum Gasteiger partial charge on any atom is 0.288 e. The third kappa shape index (κ3) is 4.91. The molecule has 0 saturated carbocycles. The molecule has 0 radical (unpaired) electrons. The van der Waals surface area contributed by atoms with Gasteiger partial charge in [0.2, 0.25) is 0 Å². The van der Waals surface area contributed by atoms with Gasteiger partial charge >= 0.3 is 0 Å². The minimum Gasteiger partial charge on any atom is -0.467 e. The first-order valence-corrected chi connectivity index (χ1v) is 12.2. The van der Waals surface area contributed by atoms with E-state index in [0.717, 1.165) is 31.2 Å². The van der Waals surface area contributed by atoms with Gasteiger partial charge < -0.3 is 14.2 Å². The smallest absolute Gasteiger partial charge is 0.288 e. The van der Waals surface area contributed by atoms with E-state index >= 15 is 0 Å². The molecule has 3 aromatic heterocycles. The van der Waals surface area contributed by atoms with E-state index in [9.17, 15) is 14.9 Å². The molecule has 10 heteroatoms. The summed E-state index contributed by atoms with van der Waals surface area (Å²) in [4.78, 5) is 29.5. The fourth-order valence-electron chi connectivity index (χ4n) is 4.05. The number of carbonyl (C=O) groups is 1. The molecule has 0 aliphatic heterocycles. The van der Waals surface area contributed by atoms with Crippen LogP contribution in [-0.4, -0.2) is 17.0 Å². The first kappa shape index (κ1) is 23.1. The molecule has 1 aliphatic rings. The van der Waals surface area contributed by atoms with Gasteiger partial charge in [-0.15, -0.1) is 11.3 Å². The molecule has 1 aromatic carbocycles. The lowest BCUT2D eigenvalue weighted by Gasteiger charge is -2.12. The van der Waals surface area contributed by atoms with Crippen molar-refractivity contribution in [3.63, 3.8) is 0 Å². The quantitative estimate of drug-likeness (QED) is 0.169. The number of nitro benzene ring substituents is 1. The molecular formula is C25H20ClN3O5S. The van der Waals surface area contributed by atoms with Crippen molar-refractivity contribution in [3.05, 3.63) is 91.4 Å². The fourth-order valence-corrected chi connectivity index (χ4v) is 5.47. The Kier molecular flexibility index (Phi) is 6.52. The summed E-state index contributed by atoms with van der Waals surface area (Å²) in [6, 6.07) is 11.5. The van der Waals surface area contributed by atoms with Crippen molar-refractivity contribution < 1.29 is 18.6 Å². The maximum atomic E-state index is 13.1. The Morgan fingerprint density at radius 3 is 2.89 bits per heavy atom. The second kappa shape index (κ2) is 9.89. The standard InChI is InChI=1S/C25H20ClN3O5S/c26-19-9-7-15(12-20(19)29(31)32)21-10-8-17(34-21)14-28-25-23(18-5-1-2-6-22(18)35-25)24(30)27-13-16-4-3-11-33-16/h3-4,7-12,14H,1-2,5-6,13H2,(H,27,30). The number of carbonyl (C=O) groups excluding carboxylic acids is 1. The van der Waals surface area contributed by atoms with Crippen LogP contribution in [0, 0.1) is 10.1 Å². The lowest BCUT2D eigenvalue weighted by Crippen LogP contribution is -2.23. The summed E-state index contributed by atoms with van der Waals surface area (Å²) in [7, 11) is 0. The van der Waals surface area contributed by atoms with Crippen molar-refractivity contribution in [2.24, 2.45) is 4.99 Å². The van der Waals surface area contributed by atoms with Gasteiger partial charge in [0, 0.05) is 16.5 Å². The molecular weight excluding hydrogens is 490 g/mol. The molecule has 178 valence electrons. The highest BCUT2D eigenvalue weighted by Gasteiger charge is 2.25. The van der Waals surface area contributed by atoms with E-state index in [4.69, 9.17) is 20.4 Å². The Hall–Kier alpha value is -3.69. The third-order valence-electron chi connectivity index (χ3n) is 5.75. The SMILES string of the molecule is O=C(NCc1ccco1)c1c(N=Cc2ccc(-c3ccc(Cl)c([N+](=O)[O-])c3)o2)sc2c1CCCC2. The molecule has 3 heterocycles. The summed E-state index contributed by atoms with van der Waals surface area (Å²) in [6.07, 6.45) is 7.07. The van der Waals surface area contributed by atoms with Gasteiger partial charge in [-0.2, -0.15) is 0 Å². The van der Waals surface area contributed by atoms with Crippen molar-refractivity contribution in [1.82, 2.24) is 5.32 Å². The van der Waals surface area contributed by atoms with Crippen LogP contribution in [0.1, 0.15) is 45.2 Å². The van der Waals surface area contributed by atoms with E-state index in [1.165, 1.54) is 28.3 Å². The molecule has 0 fully saturated rings. The molecule has 0 saturated heterocycles. The number of amides is 1. The molecule has 0 bridgehead atoms. The van der Waals surface area contributed by atoms with Gasteiger partial charge in [0.25, 0.3) is 11.6 Å². The number of nitro groups is 1. The Bertz CT molecular complexity index is 1420. The first-order valence-electron chi connectivity index (χ1n) is 11.0. The maximum absolute atomic E-state index is 13.1. The zero-order chi connectivity index (χ0) is 24.4. The summed E-state index contributed by atoms with van der Waals surface area (Å²) in [6.45, 7) is 0.300. The van der Waals surface area contributed by atoms with Crippen molar-refractivity contribution in [1.29, 1.82) is 0 Å². The molecule has 5 rings (SSSR count). The van der Waals surface area contributed by atoms with Gasteiger partial charge in [-0.3, -0.25) is 14.9 Å². The lowest BCUT2D eigenvalue weighted by atomic mass is 9.95. The number of nitrogens with zero attached hydrogens (tertiary/aromatic N) is 2. The van der Waals surface area contributed by atoms with Gasteiger partial charge in [0.05, 0.1) is 29.5 Å². The van der Waals surface area contributed by atoms with E-state index in [0.29, 0.717) is 40.0 Å². The number of benzene rings is 1. The minimum atomic E-state index is -0.534. The molecule has 0 atom stereocenters. The molecule has 1 aliphatic carbocycles. The Morgan fingerprint density at radius 1 is 1.23 bits per heavy atom. The molecule has 1 N–H and O–H groups in total. The number of rotatable bonds is 7. The van der Waals surface area contributed by atoms with Crippen LogP contribution in [0.25, 0.3) is 11.3 Å². The molecule has 1 amide bonds. The van der Waals surface area contributed by atoms with E-state index in [1.54, 1.807) is 36.7 Å². The predicted octanol–water partition coefficient (Wildman–Crippen LogP) is 6.72. The highest BCUT2D eigenvalue weighted by molar-refractivity contribution is 7.16. The van der Waals surface area contributed by atoms with E-state index in [1.807, 2.05) is 6.07 Å². The summed E-state index contributed by atoms with van der Waals surface area (Å²) in [5.41, 5.74) is 2.02. The van der Waals surface area contributed by atoms with Crippen LogP contribution in [0.2, 0.25) is 5.02 Å². The fraction of sp³-hybridized carbons (Fsp3) is 0.200. The minimum absolute atomic E-state index is 0.0617. The number of hydrogen-bond donors (Lipinski definition) is 1. The van der Waals surface area contributed by atoms with Gasteiger partial charge in [0.15, 0.2) is 0 Å². The summed E-state index contributed by atoms with van der Waals surface area (Å²) < 4.78 is 11.2. The van der Waals surface area contributed by atoms with E-state index in [2.05, 4.69) is 10.3 Å². The van der Waals surface area contributed by atoms with Crippen LogP contribution in [0.5, 0.6) is 0 Å². The predicted molar refractivity (Wildman–Crippen MR) is 134 cm³/mol. The summed E-state index contributed by atoms with van der Waals surface area (Å²) in [5.74, 6) is 1.42. The third-order valence-corrected chi connectivity index (χ3v) is 7.27. The highest BCUT2D eigenvalue weighted by atomic mass is 35.5. The number of furan rings is 2. The number of nitrogens with one attached hydrogen (secondary N) is 1. The number of halogens is 1. The van der Waals surface area contributed by atoms with E-state index in [-0.39, 0.29) is 16.6 Å². The first-order chi connectivity index (χ1) is 17.0. The van der Waals surface area contributed by atoms with Gasteiger partial charge in [-0.1, -0.05) is 11.6 Å². The van der Waals surface area contributed by atoms with E-state index < -0.39 is 4.92 Å². The van der Waals surface area contributed by atoms with Crippen molar-refractivity contribution in [3.8, 4) is 11.3 Å². The number of hydrogen-bond acceptors (Lipinski definition) is 7. The second-order valence-corrected chi connectivity index (χ2v) is 9.53. The zero-order valence-electron chi connectivity index (χ0n) is 18.5. The van der Waals surface area contributed by atoms with Crippen LogP contribution in [0.3, 0.4) is 0 Å². The summed E-state index contributed by atoms with van der Waals surface area (Å²) in [5, 5.41) is 14.8. The summed E-state index contributed by atoms with van der Waals surface area (Å²) >= 11 is 7.44.